The van der Waals surface area contributed by atoms with Crippen molar-refractivity contribution in [1.29, 1.82) is 0 Å². The molecular formula is C21H25FN4O4. The van der Waals surface area contributed by atoms with Gasteiger partial charge in [-0.2, -0.15) is 0 Å². The smallest absolute Gasteiger partial charge is 0.341 e. The van der Waals surface area contributed by atoms with E-state index < -0.39 is 17.2 Å². The van der Waals surface area contributed by atoms with E-state index in [1.807, 2.05) is 16.4 Å². The Morgan fingerprint density at radius 1 is 1.27 bits per heavy atom. The number of carbonyl (C=O) groups is 1. The predicted molar refractivity (Wildman–Crippen MR) is 112 cm³/mol. The Bertz CT molecular complexity index is 1070. The summed E-state index contributed by atoms with van der Waals surface area (Å²) in [5.41, 5.74) is 0.960. The molecule has 1 aliphatic heterocycles. The van der Waals surface area contributed by atoms with Crippen molar-refractivity contribution in [2.45, 2.75) is 25.8 Å². The van der Waals surface area contributed by atoms with Gasteiger partial charge >= 0.3 is 5.97 Å². The average molecular weight is 416 g/mol. The first-order valence-corrected chi connectivity index (χ1v) is 10.0. The zero-order valence-corrected chi connectivity index (χ0v) is 17.1. The summed E-state index contributed by atoms with van der Waals surface area (Å²) in [5, 5.41) is 13.4. The van der Waals surface area contributed by atoms with Crippen molar-refractivity contribution in [3.8, 4) is 0 Å². The monoisotopic (exact) mass is 416 g/mol. The number of hydrogen-bond acceptors (Lipinski definition) is 6. The first-order valence-electron chi connectivity index (χ1n) is 10.0. The highest BCUT2D eigenvalue weighted by Gasteiger charge is 2.28. The van der Waals surface area contributed by atoms with Crippen LogP contribution < -0.4 is 10.3 Å². The molecular weight excluding hydrogens is 391 g/mol. The summed E-state index contributed by atoms with van der Waals surface area (Å²) in [6, 6.07) is 3.05. The Morgan fingerprint density at radius 3 is 2.57 bits per heavy atom. The van der Waals surface area contributed by atoms with Crippen LogP contribution in [0.1, 0.15) is 36.2 Å². The second kappa shape index (κ2) is 8.06. The number of pyridine rings is 1. The highest BCUT2D eigenvalue weighted by atomic mass is 19.1. The molecule has 160 valence electrons. The normalized spacial score (nSPS) is 18.1. The molecule has 2 heterocycles. The van der Waals surface area contributed by atoms with Crippen LogP contribution in [0.5, 0.6) is 0 Å². The summed E-state index contributed by atoms with van der Waals surface area (Å²) in [6.07, 6.45) is 3.25. The molecule has 30 heavy (non-hydrogen) atoms. The molecule has 1 aliphatic carbocycles. The van der Waals surface area contributed by atoms with E-state index in [0.717, 1.165) is 31.6 Å². The van der Waals surface area contributed by atoms with Crippen LogP contribution in [-0.4, -0.2) is 66.1 Å². The Morgan fingerprint density at radius 2 is 1.97 bits per heavy atom. The van der Waals surface area contributed by atoms with Crippen molar-refractivity contribution in [1.82, 2.24) is 9.47 Å². The molecule has 1 aromatic carbocycles. The molecule has 2 fully saturated rings. The number of oxime groups is 1. The molecule has 4 rings (SSSR count). The number of carboxylic acid groups (broad SMARTS) is 1. The quantitative estimate of drug-likeness (QED) is 0.575. The SMILES string of the molecule is CON=C(C)CN1CCN(c2cc3c(cc2F)c(=O)c(C(=O)O)cn3C2CC2)CC1. The molecule has 0 radical (unpaired) electrons. The van der Waals surface area contributed by atoms with Crippen LogP contribution in [0.25, 0.3) is 10.9 Å². The van der Waals surface area contributed by atoms with E-state index in [2.05, 4.69) is 10.1 Å². The first kappa shape index (κ1) is 20.3. The number of rotatable bonds is 6. The van der Waals surface area contributed by atoms with E-state index in [9.17, 15) is 19.1 Å². The molecule has 0 atom stereocenters. The maximum Gasteiger partial charge on any atom is 0.341 e. The molecule has 1 aromatic heterocycles. The van der Waals surface area contributed by atoms with Crippen LogP contribution in [0.15, 0.2) is 28.3 Å². The molecule has 0 amide bonds. The number of benzene rings is 1. The number of aromatic nitrogens is 1. The molecule has 9 heteroatoms. The van der Waals surface area contributed by atoms with Crippen molar-refractivity contribution in [3.05, 3.63) is 39.9 Å². The van der Waals surface area contributed by atoms with Crippen molar-refractivity contribution in [2.24, 2.45) is 5.16 Å². The number of hydrogen-bond donors (Lipinski definition) is 1. The van der Waals surface area contributed by atoms with Crippen molar-refractivity contribution in [2.75, 3.05) is 44.7 Å². The van der Waals surface area contributed by atoms with Gasteiger partial charge in [0.15, 0.2) is 0 Å². The highest BCUT2D eigenvalue weighted by molar-refractivity contribution is 5.93. The summed E-state index contributed by atoms with van der Waals surface area (Å²) in [7, 11) is 1.52. The van der Waals surface area contributed by atoms with Gasteiger partial charge in [0.2, 0.25) is 5.43 Å². The lowest BCUT2D eigenvalue weighted by atomic mass is 10.1. The van der Waals surface area contributed by atoms with E-state index in [1.165, 1.54) is 19.4 Å². The van der Waals surface area contributed by atoms with E-state index >= 15 is 0 Å². The first-order chi connectivity index (χ1) is 14.4. The van der Waals surface area contributed by atoms with Gasteiger partial charge in [-0.15, -0.1) is 0 Å². The van der Waals surface area contributed by atoms with Crippen LogP contribution in [0.2, 0.25) is 0 Å². The Hall–Kier alpha value is -2.94. The van der Waals surface area contributed by atoms with Gasteiger partial charge in [0, 0.05) is 50.3 Å². The molecule has 0 unspecified atom stereocenters. The van der Waals surface area contributed by atoms with E-state index in [1.54, 1.807) is 6.07 Å². The maximum atomic E-state index is 15.0. The number of piperazine rings is 1. The lowest BCUT2D eigenvalue weighted by Crippen LogP contribution is -2.48. The van der Waals surface area contributed by atoms with E-state index in [0.29, 0.717) is 30.8 Å². The summed E-state index contributed by atoms with van der Waals surface area (Å²) in [6.45, 7) is 5.39. The van der Waals surface area contributed by atoms with Gasteiger partial charge in [0.05, 0.1) is 16.9 Å². The standard InChI is InChI=1S/C21H25FN4O4/c1-13(23-30-2)11-24-5-7-25(8-6-24)19-10-18-15(9-17(19)22)20(27)16(21(28)29)12-26(18)14-3-4-14/h9-10,12,14H,3-8,11H2,1-2H3,(H,28,29). The summed E-state index contributed by atoms with van der Waals surface area (Å²) in [4.78, 5) is 33.1. The van der Waals surface area contributed by atoms with Crippen LogP contribution >= 0.6 is 0 Å². The lowest BCUT2D eigenvalue weighted by Gasteiger charge is -2.36. The van der Waals surface area contributed by atoms with Crippen LogP contribution in [0, 0.1) is 5.82 Å². The summed E-state index contributed by atoms with van der Waals surface area (Å²) >= 11 is 0. The lowest BCUT2D eigenvalue weighted by molar-refractivity contribution is 0.0695. The van der Waals surface area contributed by atoms with Crippen LogP contribution in [0.3, 0.4) is 0 Å². The second-order valence-corrected chi connectivity index (χ2v) is 7.91. The van der Waals surface area contributed by atoms with Gasteiger partial charge in [-0.05, 0) is 31.9 Å². The zero-order chi connectivity index (χ0) is 21.4. The Balaban J connectivity index is 1.65. The molecule has 0 spiro atoms. The van der Waals surface area contributed by atoms with Crippen LogP contribution in [0.4, 0.5) is 10.1 Å². The van der Waals surface area contributed by atoms with Crippen molar-refractivity contribution in [3.63, 3.8) is 0 Å². The number of fused-ring (bicyclic) bond motifs is 1. The largest absolute Gasteiger partial charge is 0.477 e. The predicted octanol–water partition coefficient (Wildman–Crippen LogP) is 2.32. The molecule has 8 nitrogen and oxygen atoms in total. The fraction of sp³-hybridized carbons (Fsp3) is 0.476. The van der Waals surface area contributed by atoms with Crippen LogP contribution in [-0.2, 0) is 4.84 Å². The minimum atomic E-state index is -1.29. The second-order valence-electron chi connectivity index (χ2n) is 7.91. The number of anilines is 1. The third-order valence-electron chi connectivity index (χ3n) is 5.68. The van der Waals surface area contributed by atoms with Gasteiger partial charge in [-0.1, -0.05) is 5.16 Å². The molecule has 2 aliphatic rings. The fourth-order valence-electron chi connectivity index (χ4n) is 4.06. The highest BCUT2D eigenvalue weighted by Crippen LogP contribution is 2.38. The van der Waals surface area contributed by atoms with Gasteiger partial charge in [0.1, 0.15) is 18.5 Å². The molecule has 1 N–H and O–H groups in total. The van der Waals surface area contributed by atoms with E-state index in [4.69, 9.17) is 4.84 Å². The molecule has 2 aromatic rings. The molecule has 1 saturated heterocycles. The summed E-state index contributed by atoms with van der Waals surface area (Å²) in [5.74, 6) is -1.79. The third kappa shape index (κ3) is 3.89. The molecule has 1 saturated carbocycles. The zero-order valence-electron chi connectivity index (χ0n) is 17.1. The van der Waals surface area contributed by atoms with Gasteiger partial charge in [-0.3, -0.25) is 9.69 Å². The minimum absolute atomic E-state index is 0.119. The topological polar surface area (TPSA) is 87.4 Å². The number of carboxylic acids is 1. The molecule has 0 bridgehead atoms. The summed E-state index contributed by atoms with van der Waals surface area (Å²) < 4.78 is 16.8. The van der Waals surface area contributed by atoms with Gasteiger partial charge in [-0.25, -0.2) is 9.18 Å². The number of nitrogens with zero attached hydrogens (tertiary/aromatic N) is 4. The Labute approximate surface area is 173 Å². The number of halogens is 1. The number of aromatic carboxylic acids is 1. The Kier molecular flexibility index (Phi) is 5.46. The average Bonchev–Trinajstić information content (AvgIpc) is 3.54. The van der Waals surface area contributed by atoms with Crippen molar-refractivity contribution >= 4 is 28.3 Å². The maximum absolute atomic E-state index is 15.0. The minimum Gasteiger partial charge on any atom is -0.477 e. The third-order valence-corrected chi connectivity index (χ3v) is 5.68. The van der Waals surface area contributed by atoms with Gasteiger partial charge < -0.3 is 19.4 Å². The fourth-order valence-corrected chi connectivity index (χ4v) is 4.06. The van der Waals surface area contributed by atoms with Crippen molar-refractivity contribution < 1.29 is 19.1 Å². The van der Waals surface area contributed by atoms with E-state index in [-0.39, 0.29) is 17.0 Å². The van der Waals surface area contributed by atoms with Gasteiger partial charge in [0.25, 0.3) is 0 Å².